The average molecular weight is 198 g/mol. The molecule has 1 aromatic rings. The number of aromatic nitrogens is 2. The Morgan fingerprint density at radius 3 is 2.86 bits per heavy atom. The molecule has 4 nitrogen and oxygen atoms in total. The zero-order valence-electron chi connectivity index (χ0n) is 8.42. The molecule has 1 aromatic heterocycles. The van der Waals surface area contributed by atoms with E-state index in [1.54, 1.807) is 6.92 Å². The molecule has 1 heterocycles. The number of halogens is 1. The summed E-state index contributed by atoms with van der Waals surface area (Å²) in [6.45, 7) is 4.04. The number of hydrogen-bond donors (Lipinski definition) is 2. The van der Waals surface area contributed by atoms with E-state index in [2.05, 4.69) is 15.3 Å². The Balaban J connectivity index is 2.80. The fourth-order valence-corrected chi connectivity index (χ4v) is 1.08. The van der Waals surface area contributed by atoms with Gasteiger partial charge in [0.25, 0.3) is 0 Å². The van der Waals surface area contributed by atoms with Crippen molar-refractivity contribution in [3.05, 3.63) is 17.8 Å². The normalized spacial score (nSPS) is 12.6. The molecule has 0 saturated carbocycles. The van der Waals surface area contributed by atoms with Gasteiger partial charge in [0.05, 0.1) is 5.69 Å². The van der Waals surface area contributed by atoms with E-state index < -0.39 is 5.82 Å². The molecule has 0 bridgehead atoms. The molecule has 1 atom stereocenters. The molecule has 0 amide bonds. The predicted molar refractivity (Wildman–Crippen MR) is 53.5 cm³/mol. The largest absolute Gasteiger partial charge is 0.364 e. The van der Waals surface area contributed by atoms with Gasteiger partial charge in [-0.1, -0.05) is 6.92 Å². The van der Waals surface area contributed by atoms with Crippen LogP contribution in [0.2, 0.25) is 0 Å². The highest BCUT2D eigenvalue weighted by Crippen LogP contribution is 2.13. The molecule has 0 radical (unpaired) electrons. The molecule has 0 saturated heterocycles. The van der Waals surface area contributed by atoms with Crippen LogP contribution in [0.15, 0.2) is 6.33 Å². The van der Waals surface area contributed by atoms with Crippen molar-refractivity contribution in [2.24, 2.45) is 5.73 Å². The van der Waals surface area contributed by atoms with Gasteiger partial charge < -0.3 is 11.1 Å². The summed E-state index contributed by atoms with van der Waals surface area (Å²) in [5.74, 6) is -0.172. The second kappa shape index (κ2) is 4.85. The zero-order chi connectivity index (χ0) is 10.6. The van der Waals surface area contributed by atoms with Crippen LogP contribution in [0, 0.1) is 12.7 Å². The van der Waals surface area contributed by atoms with Crippen LogP contribution in [0.4, 0.5) is 10.2 Å². The van der Waals surface area contributed by atoms with Crippen molar-refractivity contribution < 1.29 is 4.39 Å². The second-order valence-electron chi connectivity index (χ2n) is 3.11. The topological polar surface area (TPSA) is 63.8 Å². The lowest BCUT2D eigenvalue weighted by molar-refractivity contribution is 0.596. The maximum Gasteiger partial charge on any atom is 0.186 e. The molecule has 3 N–H and O–H groups in total. The van der Waals surface area contributed by atoms with Crippen molar-refractivity contribution in [1.29, 1.82) is 0 Å². The van der Waals surface area contributed by atoms with Crippen LogP contribution in [0.3, 0.4) is 0 Å². The molecule has 5 heteroatoms. The van der Waals surface area contributed by atoms with Gasteiger partial charge in [-0.3, -0.25) is 0 Å². The maximum atomic E-state index is 13.4. The van der Waals surface area contributed by atoms with Crippen LogP contribution in [0.25, 0.3) is 0 Å². The number of nitrogens with one attached hydrogen (secondary N) is 1. The lowest BCUT2D eigenvalue weighted by atomic mass is 10.2. The minimum absolute atomic E-state index is 0.0544. The first kappa shape index (κ1) is 10.8. The molecular formula is C9H15FN4. The Morgan fingerprint density at radius 1 is 1.57 bits per heavy atom. The van der Waals surface area contributed by atoms with E-state index in [-0.39, 0.29) is 11.9 Å². The smallest absolute Gasteiger partial charge is 0.186 e. The Bertz CT molecular complexity index is 299. The molecule has 0 fully saturated rings. The second-order valence-corrected chi connectivity index (χ2v) is 3.11. The van der Waals surface area contributed by atoms with Gasteiger partial charge in [-0.05, 0) is 13.3 Å². The first-order chi connectivity index (χ1) is 6.69. The summed E-state index contributed by atoms with van der Waals surface area (Å²) >= 11 is 0. The Kier molecular flexibility index (Phi) is 3.76. The van der Waals surface area contributed by atoms with Crippen LogP contribution in [-0.4, -0.2) is 22.6 Å². The highest BCUT2D eigenvalue weighted by atomic mass is 19.1. The van der Waals surface area contributed by atoms with Crippen molar-refractivity contribution in [3.63, 3.8) is 0 Å². The van der Waals surface area contributed by atoms with Gasteiger partial charge in [0.15, 0.2) is 11.6 Å². The highest BCUT2D eigenvalue weighted by molar-refractivity contribution is 5.37. The molecule has 1 unspecified atom stereocenters. The number of nitrogens with two attached hydrogens (primary N) is 1. The molecule has 0 aliphatic rings. The van der Waals surface area contributed by atoms with Gasteiger partial charge in [-0.15, -0.1) is 0 Å². The average Bonchev–Trinajstić information content (AvgIpc) is 2.20. The standard InChI is InChI=1S/C9H15FN4/c1-3-7(4-11)14-9-8(10)6(2)12-5-13-9/h5,7H,3-4,11H2,1-2H3,(H,12,13,14). The van der Waals surface area contributed by atoms with Crippen LogP contribution < -0.4 is 11.1 Å². The lowest BCUT2D eigenvalue weighted by Crippen LogP contribution is -2.29. The van der Waals surface area contributed by atoms with Crippen molar-refractivity contribution in [2.75, 3.05) is 11.9 Å². The van der Waals surface area contributed by atoms with Gasteiger partial charge in [-0.2, -0.15) is 0 Å². The van der Waals surface area contributed by atoms with E-state index in [1.807, 2.05) is 6.92 Å². The molecule has 78 valence electrons. The Morgan fingerprint density at radius 2 is 2.29 bits per heavy atom. The molecule has 14 heavy (non-hydrogen) atoms. The van der Waals surface area contributed by atoms with Gasteiger partial charge in [0.1, 0.15) is 6.33 Å². The SMILES string of the molecule is CCC(CN)Nc1ncnc(C)c1F. The highest BCUT2D eigenvalue weighted by Gasteiger charge is 2.10. The summed E-state index contributed by atoms with van der Waals surface area (Å²) in [5.41, 5.74) is 5.83. The van der Waals surface area contributed by atoms with Gasteiger partial charge in [0.2, 0.25) is 0 Å². The van der Waals surface area contributed by atoms with Crippen LogP contribution in [0.1, 0.15) is 19.0 Å². The van der Waals surface area contributed by atoms with Gasteiger partial charge in [0, 0.05) is 12.6 Å². The lowest BCUT2D eigenvalue weighted by Gasteiger charge is -2.15. The summed E-state index contributed by atoms with van der Waals surface area (Å²) in [6.07, 6.45) is 2.17. The zero-order valence-corrected chi connectivity index (χ0v) is 8.42. The minimum Gasteiger partial charge on any atom is -0.364 e. The predicted octanol–water partition coefficient (Wildman–Crippen LogP) is 1.07. The molecular weight excluding hydrogens is 183 g/mol. The summed E-state index contributed by atoms with van der Waals surface area (Å²) in [5, 5.41) is 2.94. The van der Waals surface area contributed by atoms with Crippen molar-refractivity contribution in [1.82, 2.24) is 9.97 Å². The minimum atomic E-state index is -0.403. The fourth-order valence-electron chi connectivity index (χ4n) is 1.08. The molecule has 0 aliphatic carbocycles. The van der Waals surface area contributed by atoms with Crippen LogP contribution in [0.5, 0.6) is 0 Å². The van der Waals surface area contributed by atoms with Crippen molar-refractivity contribution in [3.8, 4) is 0 Å². The van der Waals surface area contributed by atoms with E-state index in [1.165, 1.54) is 6.33 Å². The monoisotopic (exact) mass is 198 g/mol. The maximum absolute atomic E-state index is 13.4. The van der Waals surface area contributed by atoms with E-state index in [0.29, 0.717) is 12.2 Å². The van der Waals surface area contributed by atoms with Crippen LogP contribution >= 0.6 is 0 Å². The number of nitrogens with zero attached hydrogens (tertiary/aromatic N) is 2. The first-order valence-electron chi connectivity index (χ1n) is 4.62. The summed E-state index contributed by atoms with van der Waals surface area (Å²) in [6, 6.07) is 0.0544. The summed E-state index contributed by atoms with van der Waals surface area (Å²) in [4.78, 5) is 7.56. The Hall–Kier alpha value is -1.23. The third-order valence-corrected chi connectivity index (χ3v) is 2.08. The van der Waals surface area contributed by atoms with E-state index in [0.717, 1.165) is 6.42 Å². The fraction of sp³-hybridized carbons (Fsp3) is 0.556. The number of anilines is 1. The number of rotatable bonds is 4. The molecule has 0 aliphatic heterocycles. The number of hydrogen-bond acceptors (Lipinski definition) is 4. The third kappa shape index (κ3) is 2.38. The first-order valence-corrected chi connectivity index (χ1v) is 4.62. The van der Waals surface area contributed by atoms with Crippen molar-refractivity contribution in [2.45, 2.75) is 26.3 Å². The molecule has 1 rings (SSSR count). The third-order valence-electron chi connectivity index (χ3n) is 2.08. The number of aryl methyl sites for hydroxylation is 1. The Labute approximate surface area is 82.8 Å². The van der Waals surface area contributed by atoms with E-state index in [9.17, 15) is 4.39 Å². The van der Waals surface area contributed by atoms with E-state index in [4.69, 9.17) is 5.73 Å². The van der Waals surface area contributed by atoms with E-state index >= 15 is 0 Å². The van der Waals surface area contributed by atoms with Crippen LogP contribution in [-0.2, 0) is 0 Å². The molecule has 0 aromatic carbocycles. The van der Waals surface area contributed by atoms with Gasteiger partial charge in [-0.25, -0.2) is 14.4 Å². The molecule has 0 spiro atoms. The summed E-state index contributed by atoms with van der Waals surface area (Å²) in [7, 11) is 0. The quantitative estimate of drug-likeness (QED) is 0.759. The van der Waals surface area contributed by atoms with Crippen molar-refractivity contribution >= 4 is 5.82 Å². The van der Waals surface area contributed by atoms with Gasteiger partial charge >= 0.3 is 0 Å². The summed E-state index contributed by atoms with van der Waals surface area (Å²) < 4.78 is 13.4.